The molecule has 0 unspecified atom stereocenters. The second-order valence-electron chi connectivity index (χ2n) is 8.37. The molecule has 0 aromatic rings. The maximum Gasteiger partial charge on any atom is 0.410 e. The third-order valence-corrected chi connectivity index (χ3v) is 3.96. The van der Waals surface area contributed by atoms with Gasteiger partial charge in [-0.25, -0.2) is 4.79 Å². The molecular formula is C17H35N3O2. The van der Waals surface area contributed by atoms with E-state index in [0.717, 1.165) is 32.2 Å². The predicted molar refractivity (Wildman–Crippen MR) is 90.9 cm³/mol. The Hall–Kier alpha value is -0.810. The molecule has 0 aliphatic heterocycles. The highest BCUT2D eigenvalue weighted by Gasteiger charge is 2.30. The van der Waals surface area contributed by atoms with Crippen molar-refractivity contribution in [3.63, 3.8) is 0 Å². The molecule has 0 heterocycles. The summed E-state index contributed by atoms with van der Waals surface area (Å²) in [4.78, 5) is 14.2. The first-order chi connectivity index (χ1) is 9.99. The van der Waals surface area contributed by atoms with Gasteiger partial charge in [-0.3, -0.25) is 0 Å². The minimum absolute atomic E-state index is 0.243. The van der Waals surface area contributed by atoms with Crippen molar-refractivity contribution in [2.24, 2.45) is 5.73 Å². The smallest absolute Gasteiger partial charge is 0.410 e. The maximum absolute atomic E-state index is 12.4. The number of nitrogens with two attached hydrogens (primary N) is 1. The fraction of sp³-hybridized carbons (Fsp3) is 0.941. The van der Waals surface area contributed by atoms with Gasteiger partial charge < -0.3 is 20.7 Å². The Morgan fingerprint density at radius 1 is 1.14 bits per heavy atom. The van der Waals surface area contributed by atoms with E-state index in [4.69, 9.17) is 10.5 Å². The second-order valence-corrected chi connectivity index (χ2v) is 8.37. The first-order valence-electron chi connectivity index (χ1n) is 8.48. The third-order valence-electron chi connectivity index (χ3n) is 3.96. The van der Waals surface area contributed by atoms with Crippen LogP contribution in [0.2, 0.25) is 0 Å². The summed E-state index contributed by atoms with van der Waals surface area (Å²) >= 11 is 0. The van der Waals surface area contributed by atoms with Crippen LogP contribution < -0.4 is 11.1 Å². The molecule has 1 aliphatic carbocycles. The van der Waals surface area contributed by atoms with E-state index >= 15 is 0 Å². The lowest BCUT2D eigenvalue weighted by molar-refractivity contribution is 0.00638. The van der Waals surface area contributed by atoms with E-state index in [1.54, 1.807) is 4.90 Å². The van der Waals surface area contributed by atoms with Crippen LogP contribution in [0.5, 0.6) is 0 Å². The monoisotopic (exact) mass is 313 g/mol. The van der Waals surface area contributed by atoms with Gasteiger partial charge in [0.1, 0.15) is 5.60 Å². The Labute approximate surface area is 135 Å². The molecule has 0 aromatic heterocycles. The molecule has 1 fully saturated rings. The molecule has 5 heteroatoms. The van der Waals surface area contributed by atoms with Gasteiger partial charge in [0.05, 0.1) is 0 Å². The average Bonchev–Trinajstić information content (AvgIpc) is 2.32. The molecule has 1 amide bonds. The Kier molecular flexibility index (Phi) is 6.68. The zero-order chi connectivity index (χ0) is 17.0. The van der Waals surface area contributed by atoms with Gasteiger partial charge in [0, 0.05) is 30.7 Å². The van der Waals surface area contributed by atoms with E-state index in [-0.39, 0.29) is 11.6 Å². The van der Waals surface area contributed by atoms with Gasteiger partial charge in [0.25, 0.3) is 0 Å². The largest absolute Gasteiger partial charge is 0.444 e. The van der Waals surface area contributed by atoms with Crippen LogP contribution in [0.1, 0.15) is 67.2 Å². The number of hydrogen-bond donors (Lipinski definition) is 2. The molecule has 0 radical (unpaired) electrons. The minimum Gasteiger partial charge on any atom is -0.444 e. The molecule has 1 aliphatic rings. The van der Waals surface area contributed by atoms with Crippen molar-refractivity contribution in [1.29, 1.82) is 0 Å². The highest BCUT2D eigenvalue weighted by molar-refractivity contribution is 5.69. The van der Waals surface area contributed by atoms with Crippen LogP contribution in [0.15, 0.2) is 0 Å². The standard InChI is InChI=1S/C17H35N3O2/c1-16(2,3)20(15(21)22-17(4,5)6)12-11-19-14-9-7-13(18)8-10-14/h13-14,19H,7-12,18H2,1-6H3. The van der Waals surface area contributed by atoms with Crippen LogP contribution in [0, 0.1) is 0 Å². The molecule has 3 N–H and O–H groups in total. The number of carbonyl (C=O) groups excluding carboxylic acids is 1. The van der Waals surface area contributed by atoms with Crippen molar-refractivity contribution in [3.8, 4) is 0 Å². The Morgan fingerprint density at radius 2 is 1.68 bits per heavy atom. The Morgan fingerprint density at radius 3 is 2.14 bits per heavy atom. The molecule has 0 atom stereocenters. The van der Waals surface area contributed by atoms with Gasteiger partial charge in [-0.05, 0) is 67.2 Å². The lowest BCUT2D eigenvalue weighted by Crippen LogP contribution is -2.51. The summed E-state index contributed by atoms with van der Waals surface area (Å²) in [6.45, 7) is 13.3. The SMILES string of the molecule is CC(C)(C)OC(=O)N(CCNC1CCC(N)CC1)C(C)(C)C. The zero-order valence-electron chi connectivity index (χ0n) is 15.2. The molecule has 22 heavy (non-hydrogen) atoms. The molecule has 130 valence electrons. The van der Waals surface area contributed by atoms with Crippen LogP contribution >= 0.6 is 0 Å². The van der Waals surface area contributed by atoms with Gasteiger partial charge in [-0.2, -0.15) is 0 Å². The Bertz CT molecular complexity index is 350. The fourth-order valence-corrected chi connectivity index (χ4v) is 2.72. The summed E-state index contributed by atoms with van der Waals surface area (Å²) in [7, 11) is 0. The van der Waals surface area contributed by atoms with Crippen molar-refractivity contribution in [2.45, 2.75) is 90.4 Å². The number of ether oxygens (including phenoxy) is 1. The van der Waals surface area contributed by atoms with E-state index in [1.807, 2.05) is 41.5 Å². The fourth-order valence-electron chi connectivity index (χ4n) is 2.72. The van der Waals surface area contributed by atoms with Crippen molar-refractivity contribution >= 4 is 6.09 Å². The van der Waals surface area contributed by atoms with E-state index < -0.39 is 5.60 Å². The van der Waals surface area contributed by atoms with Crippen molar-refractivity contribution < 1.29 is 9.53 Å². The lowest BCUT2D eigenvalue weighted by Gasteiger charge is -2.37. The highest BCUT2D eigenvalue weighted by Crippen LogP contribution is 2.19. The summed E-state index contributed by atoms with van der Waals surface area (Å²) < 4.78 is 5.53. The minimum atomic E-state index is -0.465. The molecule has 5 nitrogen and oxygen atoms in total. The number of amides is 1. The normalized spacial score (nSPS) is 23.2. The molecule has 0 bridgehead atoms. The lowest BCUT2D eigenvalue weighted by atomic mass is 9.92. The number of nitrogens with one attached hydrogen (secondary N) is 1. The van der Waals surface area contributed by atoms with Gasteiger partial charge >= 0.3 is 6.09 Å². The van der Waals surface area contributed by atoms with Gasteiger partial charge in [-0.1, -0.05) is 0 Å². The van der Waals surface area contributed by atoms with Gasteiger partial charge in [-0.15, -0.1) is 0 Å². The number of hydrogen-bond acceptors (Lipinski definition) is 4. The third kappa shape index (κ3) is 6.97. The van der Waals surface area contributed by atoms with Gasteiger partial charge in [0.15, 0.2) is 0 Å². The predicted octanol–water partition coefficient (Wildman–Crippen LogP) is 2.88. The molecule has 0 aromatic carbocycles. The van der Waals surface area contributed by atoms with Crippen LogP contribution in [0.25, 0.3) is 0 Å². The van der Waals surface area contributed by atoms with E-state index in [1.165, 1.54) is 0 Å². The first kappa shape index (κ1) is 19.2. The summed E-state index contributed by atoms with van der Waals surface area (Å²) in [6.07, 6.45) is 4.19. The molecule has 0 saturated heterocycles. The second kappa shape index (κ2) is 7.64. The van der Waals surface area contributed by atoms with Crippen LogP contribution in [0.3, 0.4) is 0 Å². The number of rotatable bonds is 4. The Balaban J connectivity index is 2.47. The van der Waals surface area contributed by atoms with Crippen molar-refractivity contribution in [1.82, 2.24) is 10.2 Å². The summed E-state index contributed by atoms with van der Waals surface area (Å²) in [5.74, 6) is 0. The first-order valence-corrected chi connectivity index (χ1v) is 8.48. The van der Waals surface area contributed by atoms with Crippen LogP contribution in [-0.2, 0) is 4.74 Å². The van der Waals surface area contributed by atoms with E-state index in [9.17, 15) is 4.79 Å². The molecule has 1 rings (SSSR count). The van der Waals surface area contributed by atoms with Crippen molar-refractivity contribution in [3.05, 3.63) is 0 Å². The topological polar surface area (TPSA) is 67.6 Å². The molecule has 0 spiro atoms. The summed E-state index contributed by atoms with van der Waals surface area (Å²) in [6, 6.07) is 0.895. The number of nitrogens with zero attached hydrogens (tertiary/aromatic N) is 1. The van der Waals surface area contributed by atoms with Gasteiger partial charge in [0.2, 0.25) is 0 Å². The molecule has 1 saturated carbocycles. The van der Waals surface area contributed by atoms with Crippen molar-refractivity contribution in [2.75, 3.05) is 13.1 Å². The van der Waals surface area contributed by atoms with Crippen LogP contribution in [0.4, 0.5) is 4.79 Å². The average molecular weight is 313 g/mol. The number of carbonyl (C=O) groups is 1. The highest BCUT2D eigenvalue weighted by atomic mass is 16.6. The quantitative estimate of drug-likeness (QED) is 0.837. The van der Waals surface area contributed by atoms with E-state index in [2.05, 4.69) is 5.32 Å². The summed E-state index contributed by atoms with van der Waals surface area (Å²) in [5.41, 5.74) is 5.22. The molecular weight excluding hydrogens is 278 g/mol. The van der Waals surface area contributed by atoms with E-state index in [0.29, 0.717) is 18.6 Å². The summed E-state index contributed by atoms with van der Waals surface area (Å²) in [5, 5.41) is 3.56. The maximum atomic E-state index is 12.4. The zero-order valence-corrected chi connectivity index (χ0v) is 15.2. The van der Waals surface area contributed by atoms with Crippen LogP contribution in [-0.4, -0.2) is 47.3 Å².